The Bertz CT molecular complexity index is 749. The van der Waals surface area contributed by atoms with Crippen LogP contribution in [0.5, 0.6) is 0 Å². The van der Waals surface area contributed by atoms with Crippen molar-refractivity contribution in [2.75, 3.05) is 0 Å². The second-order valence-corrected chi connectivity index (χ2v) is 6.72. The highest BCUT2D eigenvalue weighted by atomic mass is 79.9. The lowest BCUT2D eigenvalue weighted by Crippen LogP contribution is -1.99. The summed E-state index contributed by atoms with van der Waals surface area (Å²) in [6.07, 6.45) is 0. The van der Waals surface area contributed by atoms with Gasteiger partial charge in [-0.2, -0.15) is 9.61 Å². The van der Waals surface area contributed by atoms with E-state index in [2.05, 4.69) is 31.2 Å². The minimum absolute atomic E-state index is 0.483. The van der Waals surface area contributed by atoms with E-state index in [1.807, 2.05) is 26.0 Å². The Morgan fingerprint density at radius 2 is 2.00 bits per heavy atom. The smallest absolute Gasteiger partial charge is 0.190 e. The molecule has 0 saturated carbocycles. The number of nitrogens with zero attached hydrogens (tertiary/aromatic N) is 4. The minimum Gasteiger partial charge on any atom is -0.190 e. The zero-order valence-corrected chi connectivity index (χ0v) is 12.8. The number of aromatic nitrogens is 4. The molecule has 0 unspecified atom stereocenters. The van der Waals surface area contributed by atoms with Crippen molar-refractivity contribution < 1.29 is 0 Å². The first-order valence-electron chi connectivity index (χ1n) is 5.21. The largest absolute Gasteiger partial charge is 0.195 e. The molecule has 3 rings (SSSR count). The summed E-state index contributed by atoms with van der Waals surface area (Å²) in [5, 5.41) is 13.2. The average Bonchev–Trinajstić information content (AvgIpc) is 2.92. The van der Waals surface area contributed by atoms with Gasteiger partial charge in [-0.3, -0.25) is 0 Å². The molecule has 0 bridgehead atoms. The van der Waals surface area contributed by atoms with Crippen molar-refractivity contribution in [3.63, 3.8) is 0 Å². The standard InChI is InChI=1S/C11H8BrClN4S/c1-5-6(2)10-14-15-11(17(10)16-9(5)13)7-3-4-8(12)18-7/h3-4H,1-2H3. The minimum atomic E-state index is 0.483. The van der Waals surface area contributed by atoms with Gasteiger partial charge in [0.15, 0.2) is 16.6 Å². The van der Waals surface area contributed by atoms with Gasteiger partial charge in [0.25, 0.3) is 0 Å². The van der Waals surface area contributed by atoms with E-state index in [4.69, 9.17) is 11.6 Å². The molecular weight excluding hydrogens is 336 g/mol. The third-order valence-electron chi connectivity index (χ3n) is 2.83. The van der Waals surface area contributed by atoms with Crippen LogP contribution in [-0.2, 0) is 0 Å². The molecule has 0 atom stereocenters. The Balaban J connectivity index is 2.33. The number of rotatable bonds is 1. The molecule has 0 spiro atoms. The summed E-state index contributed by atoms with van der Waals surface area (Å²) in [4.78, 5) is 1.00. The van der Waals surface area contributed by atoms with Crippen molar-refractivity contribution >= 4 is 44.5 Å². The van der Waals surface area contributed by atoms with Crippen LogP contribution in [0.15, 0.2) is 15.9 Å². The summed E-state index contributed by atoms with van der Waals surface area (Å²) in [7, 11) is 0. The molecule has 0 fully saturated rings. The quantitative estimate of drug-likeness (QED) is 0.673. The molecule has 0 saturated heterocycles. The van der Waals surface area contributed by atoms with E-state index < -0.39 is 0 Å². The van der Waals surface area contributed by atoms with Gasteiger partial charge in [0.05, 0.1) is 8.66 Å². The van der Waals surface area contributed by atoms with Gasteiger partial charge in [-0.15, -0.1) is 21.5 Å². The van der Waals surface area contributed by atoms with E-state index in [1.165, 1.54) is 0 Å². The van der Waals surface area contributed by atoms with Crippen LogP contribution in [0.2, 0.25) is 5.15 Å². The van der Waals surface area contributed by atoms with Gasteiger partial charge in [0.2, 0.25) is 0 Å². The summed E-state index contributed by atoms with van der Waals surface area (Å²) < 4.78 is 2.74. The van der Waals surface area contributed by atoms with E-state index in [1.54, 1.807) is 15.9 Å². The Morgan fingerprint density at radius 1 is 1.22 bits per heavy atom. The highest BCUT2D eigenvalue weighted by Crippen LogP contribution is 2.31. The van der Waals surface area contributed by atoms with Crippen molar-refractivity contribution in [3.8, 4) is 10.7 Å². The third kappa shape index (κ3) is 1.75. The lowest BCUT2D eigenvalue weighted by Gasteiger charge is -2.04. The molecule has 7 heteroatoms. The molecule has 0 aromatic carbocycles. The summed E-state index contributed by atoms with van der Waals surface area (Å²) in [6.45, 7) is 3.90. The third-order valence-corrected chi connectivity index (χ3v) is 4.81. The van der Waals surface area contributed by atoms with E-state index in [9.17, 15) is 0 Å². The van der Waals surface area contributed by atoms with E-state index in [0.717, 1.165) is 25.4 Å². The van der Waals surface area contributed by atoms with Crippen LogP contribution < -0.4 is 0 Å². The van der Waals surface area contributed by atoms with Crippen LogP contribution in [0.25, 0.3) is 16.3 Å². The number of thiophene rings is 1. The molecule has 3 aromatic heterocycles. The number of aryl methyl sites for hydroxylation is 1. The van der Waals surface area contributed by atoms with Gasteiger partial charge in [-0.25, -0.2) is 0 Å². The molecule has 3 heterocycles. The van der Waals surface area contributed by atoms with Crippen LogP contribution >= 0.6 is 38.9 Å². The molecule has 0 aliphatic rings. The van der Waals surface area contributed by atoms with Gasteiger partial charge in [-0.1, -0.05) is 11.6 Å². The van der Waals surface area contributed by atoms with Crippen LogP contribution in [0.3, 0.4) is 0 Å². The molecule has 0 radical (unpaired) electrons. The van der Waals surface area contributed by atoms with Gasteiger partial charge in [0.1, 0.15) is 0 Å². The number of hydrogen-bond donors (Lipinski definition) is 0. The maximum absolute atomic E-state index is 6.12. The zero-order chi connectivity index (χ0) is 12.9. The van der Waals surface area contributed by atoms with E-state index in [-0.39, 0.29) is 0 Å². The van der Waals surface area contributed by atoms with Crippen LogP contribution in [-0.4, -0.2) is 19.8 Å². The molecule has 0 aliphatic heterocycles. The number of hydrogen-bond acceptors (Lipinski definition) is 4. The van der Waals surface area contributed by atoms with Crippen LogP contribution in [0.4, 0.5) is 0 Å². The normalized spacial score (nSPS) is 11.3. The Kier molecular flexibility index (Phi) is 2.88. The first-order valence-corrected chi connectivity index (χ1v) is 7.20. The Labute approximate surface area is 121 Å². The molecule has 0 aliphatic carbocycles. The lowest BCUT2D eigenvalue weighted by molar-refractivity contribution is 0.921. The monoisotopic (exact) mass is 342 g/mol. The zero-order valence-electron chi connectivity index (χ0n) is 9.61. The van der Waals surface area contributed by atoms with Crippen LogP contribution in [0, 0.1) is 13.8 Å². The Hall–Kier alpha value is -0.980. The summed E-state index contributed by atoms with van der Waals surface area (Å²) in [6, 6.07) is 3.96. The van der Waals surface area contributed by atoms with Crippen molar-refractivity contribution in [1.82, 2.24) is 19.8 Å². The summed E-state index contributed by atoms with van der Waals surface area (Å²) in [5.41, 5.74) is 2.69. The summed E-state index contributed by atoms with van der Waals surface area (Å²) >= 11 is 11.1. The molecular formula is C11H8BrClN4S. The fourth-order valence-corrected chi connectivity index (χ4v) is 3.26. The molecule has 18 heavy (non-hydrogen) atoms. The second kappa shape index (κ2) is 4.29. The Morgan fingerprint density at radius 3 is 2.67 bits per heavy atom. The highest BCUT2D eigenvalue weighted by Gasteiger charge is 2.15. The maximum atomic E-state index is 6.12. The highest BCUT2D eigenvalue weighted by molar-refractivity contribution is 9.11. The molecule has 0 amide bonds. The number of halogens is 2. The maximum Gasteiger partial charge on any atom is 0.195 e. The SMILES string of the molecule is Cc1c(Cl)nn2c(-c3ccc(Br)s3)nnc2c1C. The van der Waals surface area contributed by atoms with Crippen molar-refractivity contribution in [2.45, 2.75) is 13.8 Å². The van der Waals surface area contributed by atoms with Crippen LogP contribution in [0.1, 0.15) is 11.1 Å². The van der Waals surface area contributed by atoms with E-state index >= 15 is 0 Å². The van der Waals surface area contributed by atoms with Gasteiger partial charge in [0, 0.05) is 5.56 Å². The van der Waals surface area contributed by atoms with Gasteiger partial charge in [-0.05, 0) is 47.5 Å². The average molecular weight is 344 g/mol. The van der Waals surface area contributed by atoms with Gasteiger partial charge < -0.3 is 0 Å². The first-order chi connectivity index (χ1) is 8.58. The van der Waals surface area contributed by atoms with Gasteiger partial charge >= 0.3 is 0 Å². The molecule has 0 N–H and O–H groups in total. The van der Waals surface area contributed by atoms with E-state index in [0.29, 0.717) is 11.0 Å². The molecule has 92 valence electrons. The topological polar surface area (TPSA) is 43.1 Å². The molecule has 4 nitrogen and oxygen atoms in total. The van der Waals surface area contributed by atoms with Crippen molar-refractivity contribution in [3.05, 3.63) is 32.2 Å². The van der Waals surface area contributed by atoms with Crippen molar-refractivity contribution in [1.29, 1.82) is 0 Å². The predicted octanol–water partition coefficient (Wildman–Crippen LogP) is 3.89. The predicted molar refractivity (Wildman–Crippen MR) is 76.3 cm³/mol. The second-order valence-electron chi connectivity index (χ2n) is 3.90. The fourth-order valence-electron chi connectivity index (χ4n) is 1.68. The fraction of sp³-hybridized carbons (Fsp3) is 0.182. The number of fused-ring (bicyclic) bond motifs is 1. The summed E-state index contributed by atoms with van der Waals surface area (Å²) in [5.74, 6) is 0.714. The molecule has 3 aromatic rings. The first kappa shape index (κ1) is 12.1. The lowest BCUT2D eigenvalue weighted by atomic mass is 10.2. The van der Waals surface area contributed by atoms with Crippen molar-refractivity contribution in [2.24, 2.45) is 0 Å².